The summed E-state index contributed by atoms with van der Waals surface area (Å²) in [7, 11) is 0. The van der Waals surface area contributed by atoms with Crippen molar-refractivity contribution in [3.8, 4) is 33.4 Å². The van der Waals surface area contributed by atoms with Gasteiger partial charge in [0, 0.05) is 49.3 Å². The molecule has 0 radical (unpaired) electrons. The molecule has 2 aromatic heterocycles. The van der Waals surface area contributed by atoms with E-state index in [-0.39, 0.29) is 5.41 Å². The van der Waals surface area contributed by atoms with Gasteiger partial charge in [-0.05, 0) is 111 Å². The molecule has 1 aliphatic carbocycles. The van der Waals surface area contributed by atoms with Crippen LogP contribution in [0.2, 0.25) is 0 Å². The van der Waals surface area contributed by atoms with E-state index in [1.807, 2.05) is 12.1 Å². The van der Waals surface area contributed by atoms with Crippen LogP contribution in [0.25, 0.3) is 88.0 Å². The Balaban J connectivity index is 1.02. The maximum Gasteiger partial charge on any atom is 0.143 e. The quantitative estimate of drug-likeness (QED) is 0.176. The minimum atomic E-state index is -0.135. The topological polar surface area (TPSA) is 29.5 Å². The molecule has 12 rings (SSSR count). The van der Waals surface area contributed by atoms with Crippen molar-refractivity contribution in [1.29, 1.82) is 0 Å². The molecule has 0 saturated carbocycles. The van der Waals surface area contributed by atoms with Gasteiger partial charge in [0.05, 0.1) is 5.69 Å². The van der Waals surface area contributed by atoms with Gasteiger partial charge < -0.3 is 13.7 Å². The van der Waals surface area contributed by atoms with Crippen molar-refractivity contribution in [3.63, 3.8) is 0 Å². The summed E-state index contributed by atoms with van der Waals surface area (Å²) in [6.07, 6.45) is 0. The molecule has 3 heteroatoms. The first kappa shape index (κ1) is 32.8. The number of nitrogens with zero attached hydrogens (tertiary/aromatic N) is 1. The highest BCUT2D eigenvalue weighted by Gasteiger charge is 2.36. The van der Waals surface area contributed by atoms with Gasteiger partial charge in [0.15, 0.2) is 0 Å². The predicted octanol–water partition coefficient (Wildman–Crippen LogP) is 15.7. The van der Waals surface area contributed by atoms with Gasteiger partial charge in [-0.15, -0.1) is 0 Å². The summed E-state index contributed by atoms with van der Waals surface area (Å²) in [5.41, 5.74) is 16.7. The van der Waals surface area contributed by atoms with Crippen LogP contribution in [0.1, 0.15) is 25.0 Å². The Bertz CT molecular complexity index is 3440. The van der Waals surface area contributed by atoms with E-state index < -0.39 is 0 Å². The van der Waals surface area contributed by atoms with Crippen molar-refractivity contribution in [1.82, 2.24) is 0 Å². The summed E-state index contributed by atoms with van der Waals surface area (Å²) >= 11 is 0. The Morgan fingerprint density at radius 2 is 1.03 bits per heavy atom. The average Bonchev–Trinajstić information content (AvgIpc) is 3.91. The molecule has 0 amide bonds. The van der Waals surface area contributed by atoms with E-state index in [1.54, 1.807) is 0 Å². The highest BCUT2D eigenvalue weighted by molar-refractivity contribution is 6.16. The molecular weight excluding hydrogens is 707 g/mol. The molecule has 2 heterocycles. The molecule has 0 fully saturated rings. The van der Waals surface area contributed by atoms with Crippen LogP contribution >= 0.6 is 0 Å². The number of rotatable bonds is 5. The van der Waals surface area contributed by atoms with E-state index in [1.165, 1.54) is 27.6 Å². The number of hydrogen-bond donors (Lipinski definition) is 0. The summed E-state index contributed by atoms with van der Waals surface area (Å²) in [6.45, 7) is 4.70. The molecule has 0 bridgehead atoms. The van der Waals surface area contributed by atoms with Crippen LogP contribution in [0.5, 0.6) is 0 Å². The summed E-state index contributed by atoms with van der Waals surface area (Å²) in [4.78, 5) is 2.42. The maximum absolute atomic E-state index is 6.53. The van der Waals surface area contributed by atoms with Gasteiger partial charge in [0.2, 0.25) is 0 Å². The minimum absolute atomic E-state index is 0.135. The van der Waals surface area contributed by atoms with Crippen LogP contribution < -0.4 is 4.90 Å². The molecular formula is C55H37NO2. The van der Waals surface area contributed by atoms with Crippen LogP contribution in [-0.4, -0.2) is 0 Å². The van der Waals surface area contributed by atoms with Gasteiger partial charge in [-0.2, -0.15) is 0 Å². The van der Waals surface area contributed by atoms with E-state index in [0.29, 0.717) is 0 Å². The molecule has 274 valence electrons. The lowest BCUT2D eigenvalue weighted by molar-refractivity contribution is 0.660. The van der Waals surface area contributed by atoms with Crippen molar-refractivity contribution < 1.29 is 8.83 Å². The van der Waals surface area contributed by atoms with E-state index in [2.05, 4.69) is 195 Å². The van der Waals surface area contributed by atoms with Crippen molar-refractivity contribution in [2.24, 2.45) is 0 Å². The molecule has 0 saturated heterocycles. The number of furan rings is 2. The number of fused-ring (bicyclic) bond motifs is 11. The van der Waals surface area contributed by atoms with Gasteiger partial charge in [-0.25, -0.2) is 0 Å². The summed E-state index contributed by atoms with van der Waals surface area (Å²) < 4.78 is 12.8. The van der Waals surface area contributed by atoms with Gasteiger partial charge in [-0.1, -0.05) is 135 Å². The SMILES string of the molecule is CC1(C)c2ccccc2-c2ccc(N(c3ccc(-c4ccc5c(c4)oc4ccccc45)cc3)c3ccccc3-c3ccc4oc5c6ccccc6ccc5c4c3)cc21. The smallest absolute Gasteiger partial charge is 0.143 e. The third-order valence-corrected chi connectivity index (χ3v) is 12.5. The van der Waals surface area contributed by atoms with Crippen LogP contribution in [0.15, 0.2) is 197 Å². The zero-order valence-electron chi connectivity index (χ0n) is 32.2. The first-order chi connectivity index (χ1) is 28.5. The van der Waals surface area contributed by atoms with Crippen molar-refractivity contribution in [2.75, 3.05) is 4.90 Å². The monoisotopic (exact) mass is 743 g/mol. The van der Waals surface area contributed by atoms with E-state index in [0.717, 1.165) is 88.6 Å². The van der Waals surface area contributed by atoms with E-state index in [4.69, 9.17) is 8.83 Å². The predicted molar refractivity (Wildman–Crippen MR) is 242 cm³/mol. The fourth-order valence-electron chi connectivity index (χ4n) is 9.55. The average molecular weight is 744 g/mol. The summed E-state index contributed by atoms with van der Waals surface area (Å²) in [5, 5.41) is 6.83. The minimum Gasteiger partial charge on any atom is -0.456 e. The Labute approximate surface area is 336 Å². The van der Waals surface area contributed by atoms with Crippen LogP contribution in [0, 0.1) is 0 Å². The second-order valence-corrected chi connectivity index (χ2v) is 16.1. The van der Waals surface area contributed by atoms with Crippen LogP contribution in [0.4, 0.5) is 17.1 Å². The Morgan fingerprint density at radius 1 is 0.379 bits per heavy atom. The van der Waals surface area contributed by atoms with E-state index in [9.17, 15) is 0 Å². The zero-order chi connectivity index (χ0) is 38.5. The maximum atomic E-state index is 6.53. The first-order valence-electron chi connectivity index (χ1n) is 20.0. The number of anilines is 3. The molecule has 0 unspecified atom stereocenters. The molecule has 11 aromatic rings. The normalized spacial score (nSPS) is 13.1. The lowest BCUT2D eigenvalue weighted by Gasteiger charge is -2.30. The van der Waals surface area contributed by atoms with Gasteiger partial charge in [0.1, 0.15) is 22.3 Å². The Morgan fingerprint density at radius 3 is 1.93 bits per heavy atom. The fraction of sp³-hybridized carbons (Fsp3) is 0.0545. The van der Waals surface area contributed by atoms with Crippen LogP contribution in [0.3, 0.4) is 0 Å². The molecule has 0 N–H and O–H groups in total. The standard InChI is InChI=1S/C55H37NO2/c1-55(2)48-16-8-5-14-42(48)43-29-26-39(33-49(43)55)56(38-24-19-34(20-25-38)36-22-27-45-44-15-7-10-18-51(44)57-53(45)32-36)50-17-9-6-12-40(50)37-23-30-52-47(31-37)46-28-21-35-11-3-4-13-41(35)54(46)58-52/h3-33H,1-2H3. The van der Waals surface area contributed by atoms with Gasteiger partial charge in [-0.3, -0.25) is 0 Å². The third-order valence-electron chi connectivity index (χ3n) is 12.5. The zero-order valence-corrected chi connectivity index (χ0v) is 32.2. The molecule has 0 spiro atoms. The first-order valence-corrected chi connectivity index (χ1v) is 20.0. The molecule has 9 aromatic carbocycles. The van der Waals surface area contributed by atoms with Crippen molar-refractivity contribution in [2.45, 2.75) is 19.3 Å². The molecule has 58 heavy (non-hydrogen) atoms. The summed E-state index contributed by atoms with van der Waals surface area (Å²) in [6, 6.07) is 67.8. The fourth-order valence-corrected chi connectivity index (χ4v) is 9.55. The molecule has 0 aliphatic heterocycles. The van der Waals surface area contributed by atoms with Crippen LogP contribution in [-0.2, 0) is 5.41 Å². The molecule has 0 atom stereocenters. The Kier molecular flexibility index (Phi) is 6.98. The number of para-hydroxylation sites is 2. The van der Waals surface area contributed by atoms with E-state index >= 15 is 0 Å². The third kappa shape index (κ3) is 4.86. The lowest BCUT2D eigenvalue weighted by Crippen LogP contribution is -2.16. The van der Waals surface area contributed by atoms with Crippen molar-refractivity contribution in [3.05, 3.63) is 199 Å². The lowest BCUT2D eigenvalue weighted by atomic mass is 9.82. The van der Waals surface area contributed by atoms with Crippen molar-refractivity contribution >= 4 is 71.7 Å². The number of benzene rings is 9. The highest BCUT2D eigenvalue weighted by atomic mass is 16.3. The molecule has 3 nitrogen and oxygen atoms in total. The largest absolute Gasteiger partial charge is 0.456 e. The second kappa shape index (κ2) is 12.3. The Hall–Kier alpha value is -7.36. The number of hydrogen-bond acceptors (Lipinski definition) is 3. The molecule has 1 aliphatic rings. The second-order valence-electron chi connectivity index (χ2n) is 16.1. The highest BCUT2D eigenvalue weighted by Crippen LogP contribution is 2.51. The van der Waals surface area contributed by atoms with Gasteiger partial charge in [0.25, 0.3) is 0 Å². The summed E-state index contributed by atoms with van der Waals surface area (Å²) in [5.74, 6) is 0. The van der Waals surface area contributed by atoms with Gasteiger partial charge >= 0.3 is 0 Å².